The van der Waals surface area contributed by atoms with Crippen molar-refractivity contribution in [2.75, 3.05) is 13.6 Å². The van der Waals surface area contributed by atoms with Crippen molar-refractivity contribution in [2.45, 2.75) is 98.3 Å². The number of nitrogens with one attached hydrogen (secondary N) is 1. The minimum absolute atomic E-state index is 0.0848. The SMILES string of the molecule is CC[C@H](C)[C@@H](/C=C(\C)C(=O)O)N(C)C(=O)[C@@H](NC(=O)[C@H]1CCCCN1C(C)C)C(C)C. The molecule has 0 bridgehead atoms. The van der Waals surface area contributed by atoms with Crippen LogP contribution >= 0.6 is 0 Å². The Bertz CT molecular complexity index is 659. The van der Waals surface area contributed by atoms with Gasteiger partial charge in [-0.25, -0.2) is 4.79 Å². The molecule has 31 heavy (non-hydrogen) atoms. The molecule has 0 aromatic carbocycles. The lowest BCUT2D eigenvalue weighted by Gasteiger charge is -2.39. The van der Waals surface area contributed by atoms with E-state index in [2.05, 4.69) is 24.1 Å². The van der Waals surface area contributed by atoms with E-state index in [0.717, 1.165) is 32.2 Å². The Morgan fingerprint density at radius 2 is 1.77 bits per heavy atom. The van der Waals surface area contributed by atoms with Crippen LogP contribution in [0.2, 0.25) is 0 Å². The molecule has 0 unspecified atom stereocenters. The zero-order chi connectivity index (χ0) is 23.9. The summed E-state index contributed by atoms with van der Waals surface area (Å²) in [5.41, 5.74) is 0.213. The molecule has 2 amide bonds. The summed E-state index contributed by atoms with van der Waals surface area (Å²) in [4.78, 5) is 41.8. The van der Waals surface area contributed by atoms with Crippen LogP contribution in [0.3, 0.4) is 0 Å². The van der Waals surface area contributed by atoms with Gasteiger partial charge in [0.05, 0.1) is 12.1 Å². The van der Waals surface area contributed by atoms with Crippen molar-refractivity contribution < 1.29 is 19.5 Å². The van der Waals surface area contributed by atoms with Crippen LogP contribution in [0.15, 0.2) is 11.6 Å². The number of likely N-dealkylation sites (tertiary alicyclic amines) is 1. The molecule has 1 saturated heterocycles. The van der Waals surface area contributed by atoms with Gasteiger partial charge in [0.2, 0.25) is 11.8 Å². The van der Waals surface area contributed by atoms with E-state index < -0.39 is 12.0 Å². The average molecular weight is 438 g/mol. The Kier molecular flexibility index (Phi) is 10.7. The first-order valence-corrected chi connectivity index (χ1v) is 11.7. The number of likely N-dealkylation sites (N-methyl/N-ethyl adjacent to an activating group) is 1. The molecule has 1 fully saturated rings. The second-order valence-electron chi connectivity index (χ2n) is 9.55. The molecule has 7 heteroatoms. The maximum atomic E-state index is 13.5. The fourth-order valence-corrected chi connectivity index (χ4v) is 4.21. The molecule has 2 N–H and O–H groups in total. The van der Waals surface area contributed by atoms with Crippen molar-refractivity contribution in [2.24, 2.45) is 11.8 Å². The minimum atomic E-state index is -0.992. The van der Waals surface area contributed by atoms with Crippen LogP contribution < -0.4 is 5.32 Å². The number of nitrogens with zero attached hydrogens (tertiary/aromatic N) is 2. The monoisotopic (exact) mass is 437 g/mol. The number of hydrogen-bond donors (Lipinski definition) is 2. The number of carboxylic acid groups (broad SMARTS) is 1. The zero-order valence-electron chi connectivity index (χ0n) is 20.6. The van der Waals surface area contributed by atoms with Crippen LogP contribution in [0.5, 0.6) is 0 Å². The number of rotatable bonds is 10. The van der Waals surface area contributed by atoms with Gasteiger partial charge < -0.3 is 15.3 Å². The molecular formula is C24H43N3O4. The summed E-state index contributed by atoms with van der Waals surface area (Å²) in [7, 11) is 1.70. The summed E-state index contributed by atoms with van der Waals surface area (Å²) in [5.74, 6) is -1.27. The van der Waals surface area contributed by atoms with Crippen LogP contribution in [0.1, 0.15) is 74.1 Å². The van der Waals surface area contributed by atoms with Gasteiger partial charge in [-0.3, -0.25) is 14.5 Å². The van der Waals surface area contributed by atoms with E-state index in [-0.39, 0.29) is 47.3 Å². The summed E-state index contributed by atoms with van der Waals surface area (Å²) in [6.45, 7) is 14.5. The number of amides is 2. The molecule has 178 valence electrons. The van der Waals surface area contributed by atoms with E-state index >= 15 is 0 Å². The predicted octanol–water partition coefficient (Wildman–Crippen LogP) is 3.29. The third-order valence-electron chi connectivity index (χ3n) is 6.52. The topological polar surface area (TPSA) is 90.0 Å². The predicted molar refractivity (Wildman–Crippen MR) is 124 cm³/mol. The Morgan fingerprint density at radius 1 is 1.16 bits per heavy atom. The Labute approximate surface area is 188 Å². The molecule has 0 radical (unpaired) electrons. The van der Waals surface area contributed by atoms with Crippen LogP contribution in [-0.2, 0) is 14.4 Å². The van der Waals surface area contributed by atoms with Crippen molar-refractivity contribution in [1.29, 1.82) is 0 Å². The van der Waals surface area contributed by atoms with E-state index in [1.54, 1.807) is 24.9 Å². The summed E-state index contributed by atoms with van der Waals surface area (Å²) in [5, 5.41) is 12.3. The molecule has 1 aliphatic rings. The summed E-state index contributed by atoms with van der Waals surface area (Å²) < 4.78 is 0. The standard InChI is InChI=1S/C24H43N3O4/c1-9-17(6)20(14-18(7)24(30)31)26(8)23(29)21(15(2)3)25-22(28)19-12-10-11-13-27(19)16(4)5/h14-17,19-21H,9-13H2,1-8H3,(H,25,28)(H,30,31)/b18-14+/t17-,19+,20+,21-/m0/s1. The number of piperidine rings is 1. The van der Waals surface area contributed by atoms with Crippen molar-refractivity contribution in [3.05, 3.63) is 11.6 Å². The summed E-state index contributed by atoms with van der Waals surface area (Å²) in [6, 6.07) is -0.953. The first kappa shape index (κ1) is 27.1. The second-order valence-corrected chi connectivity index (χ2v) is 9.55. The summed E-state index contributed by atoms with van der Waals surface area (Å²) in [6.07, 6.45) is 5.35. The highest BCUT2D eigenvalue weighted by atomic mass is 16.4. The van der Waals surface area contributed by atoms with E-state index in [1.807, 2.05) is 27.7 Å². The number of aliphatic carboxylic acids is 1. The highest BCUT2D eigenvalue weighted by Gasteiger charge is 2.36. The molecule has 0 aromatic heterocycles. The van der Waals surface area contributed by atoms with Gasteiger partial charge in [0.1, 0.15) is 6.04 Å². The first-order valence-electron chi connectivity index (χ1n) is 11.7. The quantitative estimate of drug-likeness (QED) is 0.512. The molecular weight excluding hydrogens is 394 g/mol. The third kappa shape index (κ3) is 7.34. The number of carboxylic acids is 1. The number of carbonyl (C=O) groups excluding carboxylic acids is 2. The third-order valence-corrected chi connectivity index (χ3v) is 6.52. The molecule has 4 atom stereocenters. The van der Waals surface area contributed by atoms with Gasteiger partial charge in [-0.05, 0) is 52.0 Å². The van der Waals surface area contributed by atoms with Gasteiger partial charge in [-0.1, -0.05) is 46.6 Å². The van der Waals surface area contributed by atoms with Crippen LogP contribution in [0, 0.1) is 11.8 Å². The maximum Gasteiger partial charge on any atom is 0.331 e. The van der Waals surface area contributed by atoms with Crippen LogP contribution in [-0.4, -0.2) is 70.4 Å². The zero-order valence-corrected chi connectivity index (χ0v) is 20.6. The number of carbonyl (C=O) groups is 3. The normalized spacial score (nSPS) is 21.0. The molecule has 7 nitrogen and oxygen atoms in total. The molecule has 0 spiro atoms. The van der Waals surface area contributed by atoms with Gasteiger partial charge in [0.15, 0.2) is 0 Å². The second kappa shape index (κ2) is 12.2. The van der Waals surface area contributed by atoms with Gasteiger partial charge >= 0.3 is 5.97 Å². The fraction of sp³-hybridized carbons (Fsp3) is 0.792. The smallest absolute Gasteiger partial charge is 0.331 e. The van der Waals surface area contributed by atoms with Gasteiger partial charge in [0.25, 0.3) is 0 Å². The largest absolute Gasteiger partial charge is 0.478 e. The highest BCUT2D eigenvalue weighted by molar-refractivity contribution is 5.90. The number of hydrogen-bond acceptors (Lipinski definition) is 4. The maximum absolute atomic E-state index is 13.5. The van der Waals surface area contributed by atoms with Gasteiger partial charge in [-0.15, -0.1) is 0 Å². The van der Waals surface area contributed by atoms with E-state index in [0.29, 0.717) is 0 Å². The Balaban J connectivity index is 3.09. The van der Waals surface area contributed by atoms with Gasteiger partial charge in [0, 0.05) is 18.7 Å². The molecule has 0 aliphatic carbocycles. The van der Waals surface area contributed by atoms with Crippen LogP contribution in [0.25, 0.3) is 0 Å². The van der Waals surface area contributed by atoms with Crippen LogP contribution in [0.4, 0.5) is 0 Å². The Morgan fingerprint density at radius 3 is 2.26 bits per heavy atom. The minimum Gasteiger partial charge on any atom is -0.478 e. The van der Waals surface area contributed by atoms with Gasteiger partial charge in [-0.2, -0.15) is 0 Å². The van der Waals surface area contributed by atoms with Crippen molar-refractivity contribution in [1.82, 2.24) is 15.1 Å². The van der Waals surface area contributed by atoms with Crippen molar-refractivity contribution >= 4 is 17.8 Å². The van der Waals surface area contributed by atoms with E-state index in [1.165, 1.54) is 0 Å². The Hall–Kier alpha value is -1.89. The molecule has 1 heterocycles. The van der Waals surface area contributed by atoms with E-state index in [9.17, 15) is 19.5 Å². The summed E-state index contributed by atoms with van der Waals surface area (Å²) >= 11 is 0. The molecule has 1 rings (SSSR count). The fourth-order valence-electron chi connectivity index (χ4n) is 4.21. The van der Waals surface area contributed by atoms with Crippen molar-refractivity contribution in [3.63, 3.8) is 0 Å². The van der Waals surface area contributed by atoms with E-state index in [4.69, 9.17) is 0 Å². The molecule has 1 aliphatic heterocycles. The lowest BCUT2D eigenvalue weighted by atomic mass is 9.93. The molecule has 0 aromatic rings. The lowest BCUT2D eigenvalue weighted by Crippen LogP contribution is -2.58. The van der Waals surface area contributed by atoms with Crippen molar-refractivity contribution in [3.8, 4) is 0 Å². The average Bonchev–Trinajstić information content (AvgIpc) is 2.73. The highest BCUT2D eigenvalue weighted by Crippen LogP contribution is 2.22. The lowest BCUT2D eigenvalue weighted by molar-refractivity contribution is -0.140. The first-order chi connectivity index (χ1) is 14.4. The molecule has 0 saturated carbocycles.